The van der Waals surface area contributed by atoms with E-state index in [9.17, 15) is 4.79 Å². The SMILES string of the molecule is COc1ncc(C2=NCc3cc4c(cc32)CN([C@H](C)c2ccc(C)cc2)C(=O)C4)cn1. The second-order valence-electron chi connectivity index (χ2n) is 8.19. The standard InChI is InChI=1S/C25H24N4O2/c1-15-4-6-17(7-5-15)16(2)29-14-20-9-22-19(8-18(20)10-23(29)30)11-26-24(22)21-12-27-25(31-3)28-13-21/h4-9,12-13,16H,10-11,14H2,1-3H3/t16-/m1/s1. The van der Waals surface area contributed by atoms with Gasteiger partial charge < -0.3 is 9.64 Å². The van der Waals surface area contributed by atoms with Crippen LogP contribution in [-0.2, 0) is 24.3 Å². The summed E-state index contributed by atoms with van der Waals surface area (Å²) in [6, 6.07) is 13.1. The summed E-state index contributed by atoms with van der Waals surface area (Å²) < 4.78 is 5.06. The number of carbonyl (C=O) groups is 1. The highest BCUT2D eigenvalue weighted by atomic mass is 16.5. The Morgan fingerprint density at radius 3 is 2.48 bits per heavy atom. The molecule has 1 atom stereocenters. The Kier molecular flexibility index (Phi) is 4.77. The van der Waals surface area contributed by atoms with Crippen LogP contribution in [0.2, 0.25) is 0 Å². The van der Waals surface area contributed by atoms with Crippen molar-refractivity contribution in [1.82, 2.24) is 14.9 Å². The summed E-state index contributed by atoms with van der Waals surface area (Å²) in [6.07, 6.45) is 3.92. The minimum atomic E-state index is 0.0256. The van der Waals surface area contributed by atoms with Gasteiger partial charge >= 0.3 is 6.01 Å². The third kappa shape index (κ3) is 3.48. The van der Waals surface area contributed by atoms with Crippen LogP contribution in [0.5, 0.6) is 6.01 Å². The Labute approximate surface area is 181 Å². The van der Waals surface area contributed by atoms with E-state index in [1.807, 2.05) is 4.90 Å². The molecule has 0 saturated heterocycles. The monoisotopic (exact) mass is 412 g/mol. The lowest BCUT2D eigenvalue weighted by Crippen LogP contribution is -2.38. The van der Waals surface area contributed by atoms with Crippen LogP contribution in [0.3, 0.4) is 0 Å². The highest BCUT2D eigenvalue weighted by Crippen LogP contribution is 2.33. The fourth-order valence-corrected chi connectivity index (χ4v) is 4.36. The maximum Gasteiger partial charge on any atom is 0.316 e. The van der Waals surface area contributed by atoms with Gasteiger partial charge in [0.1, 0.15) is 0 Å². The van der Waals surface area contributed by atoms with Crippen molar-refractivity contribution in [3.05, 3.63) is 87.7 Å². The molecule has 3 heterocycles. The number of carbonyl (C=O) groups excluding carboxylic acids is 1. The predicted molar refractivity (Wildman–Crippen MR) is 118 cm³/mol. The van der Waals surface area contributed by atoms with Crippen molar-refractivity contribution in [2.45, 2.75) is 39.4 Å². The number of hydrogen-bond acceptors (Lipinski definition) is 5. The van der Waals surface area contributed by atoms with Crippen LogP contribution in [0.1, 0.15) is 51.9 Å². The molecule has 6 nitrogen and oxygen atoms in total. The van der Waals surface area contributed by atoms with E-state index in [-0.39, 0.29) is 11.9 Å². The van der Waals surface area contributed by atoms with Crippen LogP contribution < -0.4 is 4.74 Å². The normalized spacial score (nSPS) is 15.9. The van der Waals surface area contributed by atoms with E-state index in [2.05, 4.69) is 60.2 Å². The first-order valence-electron chi connectivity index (χ1n) is 10.5. The van der Waals surface area contributed by atoms with E-state index in [1.54, 1.807) is 19.5 Å². The summed E-state index contributed by atoms with van der Waals surface area (Å²) in [7, 11) is 1.55. The molecule has 0 fully saturated rings. The van der Waals surface area contributed by atoms with Crippen molar-refractivity contribution in [1.29, 1.82) is 0 Å². The molecular formula is C25H24N4O2. The molecule has 156 valence electrons. The van der Waals surface area contributed by atoms with Crippen molar-refractivity contribution in [2.24, 2.45) is 4.99 Å². The van der Waals surface area contributed by atoms with E-state index in [0.717, 1.165) is 33.5 Å². The number of ether oxygens (including phenoxy) is 1. The van der Waals surface area contributed by atoms with Gasteiger partial charge in [0.25, 0.3) is 0 Å². The van der Waals surface area contributed by atoms with Gasteiger partial charge in [-0.15, -0.1) is 0 Å². The number of benzene rings is 2. The number of nitrogens with zero attached hydrogens (tertiary/aromatic N) is 4. The van der Waals surface area contributed by atoms with Gasteiger partial charge in [-0.2, -0.15) is 0 Å². The highest BCUT2D eigenvalue weighted by molar-refractivity contribution is 6.15. The molecule has 0 aliphatic carbocycles. The van der Waals surface area contributed by atoms with Gasteiger partial charge in [0.05, 0.1) is 31.8 Å². The number of aliphatic imine (C=N–C) groups is 1. The van der Waals surface area contributed by atoms with Gasteiger partial charge in [-0.25, -0.2) is 9.97 Å². The summed E-state index contributed by atoms with van der Waals surface area (Å²) in [5.74, 6) is 0.170. The summed E-state index contributed by atoms with van der Waals surface area (Å²) in [4.78, 5) is 28.1. The molecule has 2 aromatic carbocycles. The molecule has 3 aromatic rings. The molecule has 2 aliphatic heterocycles. The quantitative estimate of drug-likeness (QED) is 0.654. The Morgan fingerprint density at radius 1 is 1.03 bits per heavy atom. The second kappa shape index (κ2) is 7.61. The molecule has 1 amide bonds. The van der Waals surface area contributed by atoms with Gasteiger partial charge in [0, 0.05) is 30.1 Å². The number of rotatable bonds is 4. The molecule has 31 heavy (non-hydrogen) atoms. The smallest absolute Gasteiger partial charge is 0.316 e. The Bertz CT molecular complexity index is 1180. The minimum Gasteiger partial charge on any atom is -0.467 e. The van der Waals surface area contributed by atoms with Crippen LogP contribution >= 0.6 is 0 Å². The second-order valence-corrected chi connectivity index (χ2v) is 8.19. The molecule has 0 spiro atoms. The maximum absolute atomic E-state index is 13.0. The fourth-order valence-electron chi connectivity index (χ4n) is 4.36. The summed E-state index contributed by atoms with van der Waals surface area (Å²) >= 11 is 0. The summed E-state index contributed by atoms with van der Waals surface area (Å²) in [5.41, 5.74) is 8.69. The van der Waals surface area contributed by atoms with Gasteiger partial charge in [-0.1, -0.05) is 35.9 Å². The highest BCUT2D eigenvalue weighted by Gasteiger charge is 2.30. The molecule has 1 aromatic heterocycles. The van der Waals surface area contributed by atoms with Crippen LogP contribution in [-0.4, -0.2) is 33.6 Å². The zero-order valence-electron chi connectivity index (χ0n) is 17.9. The van der Waals surface area contributed by atoms with Crippen molar-refractivity contribution in [3.63, 3.8) is 0 Å². The summed E-state index contributed by atoms with van der Waals surface area (Å²) in [6.45, 7) is 5.39. The topological polar surface area (TPSA) is 67.7 Å². The van der Waals surface area contributed by atoms with Crippen molar-refractivity contribution in [3.8, 4) is 6.01 Å². The minimum absolute atomic E-state index is 0.0256. The van der Waals surface area contributed by atoms with Gasteiger partial charge in [-0.05, 0) is 42.2 Å². The molecule has 0 unspecified atom stereocenters. The maximum atomic E-state index is 13.0. The average Bonchev–Trinajstić information content (AvgIpc) is 3.20. The lowest BCUT2D eigenvalue weighted by molar-refractivity contribution is -0.134. The predicted octanol–water partition coefficient (Wildman–Crippen LogP) is 3.79. The first-order valence-corrected chi connectivity index (χ1v) is 10.5. The van der Waals surface area contributed by atoms with E-state index in [1.165, 1.54) is 11.1 Å². The number of methoxy groups -OCH3 is 1. The molecule has 5 rings (SSSR count). The van der Waals surface area contributed by atoms with Crippen LogP contribution in [0, 0.1) is 6.92 Å². The molecule has 2 aliphatic rings. The van der Waals surface area contributed by atoms with Gasteiger partial charge in [-0.3, -0.25) is 9.79 Å². The first kappa shape index (κ1) is 19.4. The first-order chi connectivity index (χ1) is 15.0. The molecular weight excluding hydrogens is 388 g/mol. The van der Waals surface area contributed by atoms with Gasteiger partial charge in [0.2, 0.25) is 5.91 Å². The fraction of sp³-hybridized carbons (Fsp3) is 0.280. The molecule has 0 radical (unpaired) electrons. The molecule has 6 heteroatoms. The molecule has 0 bridgehead atoms. The van der Waals surface area contributed by atoms with Crippen LogP contribution in [0.4, 0.5) is 0 Å². The number of hydrogen-bond donors (Lipinski definition) is 0. The third-order valence-electron chi connectivity index (χ3n) is 6.20. The van der Waals surface area contributed by atoms with E-state index >= 15 is 0 Å². The molecule has 0 N–H and O–H groups in total. The Morgan fingerprint density at radius 2 is 1.77 bits per heavy atom. The Hall–Kier alpha value is -3.54. The van der Waals surface area contributed by atoms with Gasteiger partial charge in [0.15, 0.2) is 0 Å². The number of aryl methyl sites for hydroxylation is 1. The van der Waals surface area contributed by atoms with Crippen molar-refractivity contribution >= 4 is 11.6 Å². The van der Waals surface area contributed by atoms with E-state index < -0.39 is 0 Å². The number of amides is 1. The van der Waals surface area contributed by atoms with Crippen LogP contribution in [0.25, 0.3) is 0 Å². The van der Waals surface area contributed by atoms with Crippen LogP contribution in [0.15, 0.2) is 53.8 Å². The number of aromatic nitrogens is 2. The van der Waals surface area contributed by atoms with E-state index in [0.29, 0.717) is 25.5 Å². The van der Waals surface area contributed by atoms with Crippen molar-refractivity contribution < 1.29 is 9.53 Å². The summed E-state index contributed by atoms with van der Waals surface area (Å²) in [5, 5.41) is 0. The Balaban J connectivity index is 1.45. The third-order valence-corrected chi connectivity index (χ3v) is 6.20. The number of fused-ring (bicyclic) bond motifs is 2. The lowest BCUT2D eigenvalue weighted by Gasteiger charge is -2.34. The zero-order chi connectivity index (χ0) is 21.5. The van der Waals surface area contributed by atoms with Crippen molar-refractivity contribution in [2.75, 3.05) is 7.11 Å². The molecule has 0 saturated carbocycles. The lowest BCUT2D eigenvalue weighted by atomic mass is 9.90. The largest absolute Gasteiger partial charge is 0.467 e. The zero-order valence-corrected chi connectivity index (χ0v) is 17.9. The van der Waals surface area contributed by atoms with E-state index in [4.69, 9.17) is 9.73 Å². The average molecular weight is 412 g/mol.